The molecular weight excluding hydrogens is 261 g/mol. The van der Waals surface area contributed by atoms with E-state index in [4.69, 9.17) is 0 Å². The molecule has 0 heterocycles. The Morgan fingerprint density at radius 3 is 2.24 bits per heavy atom. The van der Waals surface area contributed by atoms with E-state index in [-0.39, 0.29) is 17.3 Å². The average molecular weight is 285 g/mol. The summed E-state index contributed by atoms with van der Waals surface area (Å²) in [6.07, 6.45) is 0.907. The number of anilines is 1. The number of hydrogen-bond donors (Lipinski definition) is 1. The molecule has 2 heteroatoms. The summed E-state index contributed by atoms with van der Waals surface area (Å²) in [5.41, 5.74) is 3.52. The Bertz CT molecular complexity index is 581. The van der Waals surface area contributed by atoms with E-state index in [1.807, 2.05) is 6.07 Å². The molecule has 0 saturated heterocycles. The molecule has 0 spiro atoms. The fourth-order valence-electron chi connectivity index (χ4n) is 2.41. The highest BCUT2D eigenvalue weighted by molar-refractivity contribution is 5.47. The number of nitrogens with one attached hydrogen (secondary N) is 1. The molecule has 0 saturated carbocycles. The lowest BCUT2D eigenvalue weighted by Crippen LogP contribution is -2.12. The number of benzene rings is 2. The van der Waals surface area contributed by atoms with Crippen LogP contribution in [0.4, 0.5) is 10.1 Å². The third-order valence-corrected chi connectivity index (χ3v) is 3.75. The maximum Gasteiger partial charge on any atom is 0.123 e. The van der Waals surface area contributed by atoms with Crippen molar-refractivity contribution in [2.45, 2.75) is 45.6 Å². The monoisotopic (exact) mass is 285 g/mol. The summed E-state index contributed by atoms with van der Waals surface area (Å²) >= 11 is 0. The van der Waals surface area contributed by atoms with Crippen molar-refractivity contribution in [3.63, 3.8) is 0 Å². The van der Waals surface area contributed by atoms with E-state index in [9.17, 15) is 4.39 Å². The van der Waals surface area contributed by atoms with Crippen molar-refractivity contribution >= 4 is 5.69 Å². The molecule has 0 aliphatic carbocycles. The van der Waals surface area contributed by atoms with Crippen molar-refractivity contribution < 1.29 is 4.39 Å². The first-order chi connectivity index (χ1) is 9.90. The highest BCUT2D eigenvalue weighted by atomic mass is 19.1. The van der Waals surface area contributed by atoms with Crippen LogP contribution >= 0.6 is 0 Å². The second-order valence-electron chi connectivity index (χ2n) is 6.49. The van der Waals surface area contributed by atoms with Crippen molar-refractivity contribution in [1.29, 1.82) is 0 Å². The minimum atomic E-state index is -0.184. The summed E-state index contributed by atoms with van der Waals surface area (Å²) in [4.78, 5) is 0. The van der Waals surface area contributed by atoms with Gasteiger partial charge >= 0.3 is 0 Å². The Kier molecular flexibility index (Phi) is 4.66. The van der Waals surface area contributed by atoms with Crippen LogP contribution in [0.2, 0.25) is 0 Å². The molecule has 1 unspecified atom stereocenters. The van der Waals surface area contributed by atoms with Gasteiger partial charge in [-0.25, -0.2) is 4.39 Å². The van der Waals surface area contributed by atoms with Crippen molar-refractivity contribution in [3.8, 4) is 0 Å². The molecule has 2 aromatic rings. The van der Waals surface area contributed by atoms with Gasteiger partial charge in [0.15, 0.2) is 0 Å². The molecule has 21 heavy (non-hydrogen) atoms. The third-order valence-electron chi connectivity index (χ3n) is 3.75. The maximum absolute atomic E-state index is 13.4. The molecule has 1 N–H and O–H groups in total. The fraction of sp³-hybridized carbons (Fsp3) is 0.368. The van der Waals surface area contributed by atoms with Gasteiger partial charge in [0, 0.05) is 5.69 Å². The van der Waals surface area contributed by atoms with Gasteiger partial charge in [-0.05, 0) is 47.2 Å². The van der Waals surface area contributed by atoms with Crippen LogP contribution in [0.5, 0.6) is 0 Å². The van der Waals surface area contributed by atoms with Crippen LogP contribution in [0.15, 0.2) is 48.5 Å². The summed E-state index contributed by atoms with van der Waals surface area (Å²) in [6, 6.07) is 15.4. The first-order valence-corrected chi connectivity index (χ1v) is 7.52. The molecule has 0 fully saturated rings. The summed E-state index contributed by atoms with van der Waals surface area (Å²) in [7, 11) is 0. The smallest absolute Gasteiger partial charge is 0.123 e. The Labute approximate surface area is 127 Å². The van der Waals surface area contributed by atoms with Crippen molar-refractivity contribution in [1.82, 2.24) is 0 Å². The summed E-state index contributed by atoms with van der Waals surface area (Å²) in [5, 5.41) is 3.48. The van der Waals surface area contributed by atoms with Gasteiger partial charge in [0.1, 0.15) is 5.82 Å². The Balaban J connectivity index is 2.15. The highest BCUT2D eigenvalue weighted by Gasteiger charge is 2.14. The topological polar surface area (TPSA) is 12.0 Å². The molecule has 0 aliphatic heterocycles. The largest absolute Gasteiger partial charge is 0.378 e. The lowest BCUT2D eigenvalue weighted by molar-refractivity contribution is 0.590. The molecule has 0 radical (unpaired) electrons. The van der Waals surface area contributed by atoms with Crippen LogP contribution in [0.3, 0.4) is 0 Å². The average Bonchev–Trinajstić information content (AvgIpc) is 2.44. The molecule has 0 amide bonds. The van der Waals surface area contributed by atoms with Crippen LogP contribution in [0.1, 0.15) is 51.3 Å². The van der Waals surface area contributed by atoms with Crippen LogP contribution < -0.4 is 5.32 Å². The first-order valence-electron chi connectivity index (χ1n) is 7.52. The normalized spacial score (nSPS) is 13.0. The molecule has 1 nitrogen and oxygen atoms in total. The molecule has 0 aromatic heterocycles. The van der Waals surface area contributed by atoms with Gasteiger partial charge in [-0.1, -0.05) is 52.0 Å². The minimum absolute atomic E-state index is 0.126. The van der Waals surface area contributed by atoms with Gasteiger partial charge in [-0.15, -0.1) is 0 Å². The maximum atomic E-state index is 13.4. The fourth-order valence-corrected chi connectivity index (χ4v) is 2.41. The van der Waals surface area contributed by atoms with E-state index >= 15 is 0 Å². The standard InChI is InChI=1S/C19H24FN/c1-5-18(14-7-6-8-16(20)13-14)21-17-11-9-15(10-12-17)19(2,3)4/h6-13,18,21H,5H2,1-4H3. The molecule has 1 atom stereocenters. The molecule has 2 aromatic carbocycles. The Hall–Kier alpha value is -1.83. The second kappa shape index (κ2) is 6.30. The predicted octanol–water partition coefficient (Wildman–Crippen LogP) is 5.69. The SMILES string of the molecule is CCC(Nc1ccc(C(C)(C)C)cc1)c1cccc(F)c1. The van der Waals surface area contributed by atoms with Crippen molar-refractivity contribution in [2.24, 2.45) is 0 Å². The van der Waals surface area contributed by atoms with Gasteiger partial charge in [-0.3, -0.25) is 0 Å². The van der Waals surface area contributed by atoms with Gasteiger partial charge in [-0.2, -0.15) is 0 Å². The lowest BCUT2D eigenvalue weighted by atomic mass is 9.87. The molecule has 0 bridgehead atoms. The van der Waals surface area contributed by atoms with Crippen LogP contribution in [-0.2, 0) is 5.41 Å². The van der Waals surface area contributed by atoms with Gasteiger partial charge in [0.05, 0.1) is 6.04 Å². The van der Waals surface area contributed by atoms with Crippen molar-refractivity contribution in [3.05, 3.63) is 65.5 Å². The van der Waals surface area contributed by atoms with Crippen LogP contribution in [0, 0.1) is 5.82 Å². The third kappa shape index (κ3) is 4.07. The van der Waals surface area contributed by atoms with E-state index in [1.54, 1.807) is 12.1 Å². The van der Waals surface area contributed by atoms with Gasteiger partial charge in [0.2, 0.25) is 0 Å². The van der Waals surface area contributed by atoms with Gasteiger partial charge in [0.25, 0.3) is 0 Å². The minimum Gasteiger partial charge on any atom is -0.378 e. The van der Waals surface area contributed by atoms with E-state index in [0.717, 1.165) is 17.7 Å². The molecule has 0 aliphatic rings. The zero-order chi connectivity index (χ0) is 15.5. The first kappa shape index (κ1) is 15.6. The van der Waals surface area contributed by atoms with E-state index in [1.165, 1.54) is 11.6 Å². The van der Waals surface area contributed by atoms with Crippen molar-refractivity contribution in [2.75, 3.05) is 5.32 Å². The number of rotatable bonds is 4. The summed E-state index contributed by atoms with van der Waals surface area (Å²) in [6.45, 7) is 8.72. The Morgan fingerprint density at radius 1 is 1.05 bits per heavy atom. The highest BCUT2D eigenvalue weighted by Crippen LogP contribution is 2.26. The second-order valence-corrected chi connectivity index (χ2v) is 6.49. The molecular formula is C19H24FN. The summed E-state index contributed by atoms with van der Waals surface area (Å²) in [5.74, 6) is -0.184. The lowest BCUT2D eigenvalue weighted by Gasteiger charge is -2.22. The Morgan fingerprint density at radius 2 is 1.71 bits per heavy atom. The quantitative estimate of drug-likeness (QED) is 0.761. The van der Waals surface area contributed by atoms with E-state index in [2.05, 4.69) is 57.3 Å². The zero-order valence-electron chi connectivity index (χ0n) is 13.3. The van der Waals surface area contributed by atoms with Gasteiger partial charge < -0.3 is 5.32 Å². The number of halogens is 1. The number of hydrogen-bond acceptors (Lipinski definition) is 1. The predicted molar refractivity (Wildman–Crippen MR) is 88.2 cm³/mol. The zero-order valence-corrected chi connectivity index (χ0v) is 13.3. The van der Waals surface area contributed by atoms with E-state index < -0.39 is 0 Å². The summed E-state index contributed by atoms with van der Waals surface area (Å²) < 4.78 is 13.4. The molecule has 2 rings (SSSR count). The molecule has 112 valence electrons. The van der Waals surface area contributed by atoms with Crippen LogP contribution in [0.25, 0.3) is 0 Å². The van der Waals surface area contributed by atoms with E-state index in [0.29, 0.717) is 0 Å². The van der Waals surface area contributed by atoms with Crippen LogP contribution in [-0.4, -0.2) is 0 Å².